The van der Waals surface area contributed by atoms with Crippen LogP contribution in [0.3, 0.4) is 0 Å². The summed E-state index contributed by atoms with van der Waals surface area (Å²) in [4.78, 5) is 0.370. The van der Waals surface area contributed by atoms with E-state index >= 15 is 0 Å². The zero-order valence-corrected chi connectivity index (χ0v) is 16.6. The van der Waals surface area contributed by atoms with Gasteiger partial charge in [0.25, 0.3) is 0 Å². The molecule has 6 heteroatoms. The highest BCUT2D eigenvalue weighted by Gasteiger charge is 2.32. The van der Waals surface area contributed by atoms with E-state index in [0.29, 0.717) is 23.0 Å². The number of hydrogen-bond donors (Lipinski definition) is 1. The van der Waals surface area contributed by atoms with Gasteiger partial charge in [0.05, 0.1) is 4.90 Å². The number of rotatable bonds is 6. The van der Waals surface area contributed by atoms with Crippen LogP contribution in [0.4, 0.5) is 5.69 Å². The summed E-state index contributed by atoms with van der Waals surface area (Å²) in [7, 11) is -3.42. The summed E-state index contributed by atoms with van der Waals surface area (Å²) in [5, 5.41) is 4.02. The summed E-state index contributed by atoms with van der Waals surface area (Å²) in [5.74, 6) is 0. The Morgan fingerprint density at radius 1 is 1.08 bits per heavy atom. The maximum atomic E-state index is 13.0. The maximum Gasteiger partial charge on any atom is 0.243 e. The van der Waals surface area contributed by atoms with E-state index in [1.807, 2.05) is 36.4 Å². The normalized spacial score (nSPS) is 18.6. The Bertz CT molecular complexity index is 820. The van der Waals surface area contributed by atoms with Gasteiger partial charge in [-0.15, -0.1) is 0 Å². The molecular weight excluding hydrogens is 368 g/mol. The van der Waals surface area contributed by atoms with Crippen LogP contribution in [0.25, 0.3) is 0 Å². The van der Waals surface area contributed by atoms with Crippen molar-refractivity contribution in [3.05, 3.63) is 59.1 Å². The lowest BCUT2D eigenvalue weighted by Crippen LogP contribution is -2.43. The summed E-state index contributed by atoms with van der Waals surface area (Å²) in [6.45, 7) is 3.34. The molecule has 2 aromatic rings. The third-order valence-corrected chi connectivity index (χ3v) is 7.13. The smallest absolute Gasteiger partial charge is 0.243 e. The predicted octanol–water partition coefficient (Wildman–Crippen LogP) is 4.91. The first-order chi connectivity index (χ1) is 12.5. The molecule has 26 heavy (non-hydrogen) atoms. The first kappa shape index (κ1) is 19.2. The molecule has 0 aliphatic carbocycles. The first-order valence-corrected chi connectivity index (χ1v) is 10.9. The van der Waals surface area contributed by atoms with Gasteiger partial charge in [0.15, 0.2) is 0 Å². The lowest BCUT2D eigenvalue weighted by molar-refractivity contribution is 0.246. The Labute approximate surface area is 161 Å². The van der Waals surface area contributed by atoms with Crippen molar-refractivity contribution >= 4 is 27.3 Å². The van der Waals surface area contributed by atoms with Crippen LogP contribution in [0.1, 0.15) is 38.2 Å². The summed E-state index contributed by atoms with van der Waals surface area (Å²) >= 11 is 5.89. The zero-order chi connectivity index (χ0) is 18.6. The van der Waals surface area contributed by atoms with Gasteiger partial charge in [-0.3, -0.25) is 0 Å². The van der Waals surface area contributed by atoms with Crippen molar-refractivity contribution in [1.82, 2.24) is 4.31 Å². The van der Waals surface area contributed by atoms with Gasteiger partial charge < -0.3 is 5.32 Å². The van der Waals surface area contributed by atoms with Crippen molar-refractivity contribution in [1.29, 1.82) is 0 Å². The van der Waals surface area contributed by atoms with Crippen molar-refractivity contribution in [2.45, 2.75) is 50.1 Å². The van der Waals surface area contributed by atoms with E-state index in [1.165, 1.54) is 0 Å². The fourth-order valence-electron chi connectivity index (χ4n) is 3.38. The van der Waals surface area contributed by atoms with Gasteiger partial charge in [-0.25, -0.2) is 8.42 Å². The monoisotopic (exact) mass is 392 g/mol. The van der Waals surface area contributed by atoms with E-state index in [9.17, 15) is 8.42 Å². The third kappa shape index (κ3) is 4.40. The number of nitrogens with zero attached hydrogens (tertiary/aromatic N) is 1. The standard InChI is InChI=1S/C20H25ClN2O2S/c1-2-19-5-3-4-14-23(19)26(24,25)20-12-10-18(11-13-20)22-15-16-6-8-17(21)9-7-16/h6-13,19,22H,2-5,14-15H2,1H3. The quantitative estimate of drug-likeness (QED) is 0.760. The molecule has 1 heterocycles. The summed E-state index contributed by atoms with van der Waals surface area (Å²) in [5.41, 5.74) is 2.01. The summed E-state index contributed by atoms with van der Waals surface area (Å²) < 4.78 is 27.6. The van der Waals surface area contributed by atoms with Crippen LogP contribution in [0, 0.1) is 0 Å². The number of nitrogens with one attached hydrogen (secondary N) is 1. The number of anilines is 1. The van der Waals surface area contributed by atoms with Crippen LogP contribution >= 0.6 is 11.6 Å². The van der Waals surface area contributed by atoms with Crippen molar-refractivity contribution in [2.75, 3.05) is 11.9 Å². The largest absolute Gasteiger partial charge is 0.381 e. The highest BCUT2D eigenvalue weighted by Crippen LogP contribution is 2.27. The minimum Gasteiger partial charge on any atom is -0.381 e. The molecule has 1 saturated heterocycles. The van der Waals surface area contributed by atoms with Crippen LogP contribution < -0.4 is 5.32 Å². The van der Waals surface area contributed by atoms with Gasteiger partial charge in [-0.05, 0) is 61.2 Å². The van der Waals surface area contributed by atoms with E-state index in [0.717, 1.165) is 36.9 Å². The van der Waals surface area contributed by atoms with Crippen molar-refractivity contribution in [3.8, 4) is 0 Å². The summed E-state index contributed by atoms with van der Waals surface area (Å²) in [6.07, 6.45) is 3.87. The second-order valence-corrected chi connectivity index (χ2v) is 9.00. The van der Waals surface area contributed by atoms with Crippen LogP contribution in [0.15, 0.2) is 53.4 Å². The molecule has 0 spiro atoms. The second kappa shape index (κ2) is 8.42. The Morgan fingerprint density at radius 3 is 2.42 bits per heavy atom. The zero-order valence-electron chi connectivity index (χ0n) is 15.0. The number of sulfonamides is 1. The average molecular weight is 393 g/mol. The number of halogens is 1. The Balaban J connectivity index is 1.69. The van der Waals surface area contributed by atoms with Gasteiger partial charge in [0, 0.05) is 29.8 Å². The second-order valence-electron chi connectivity index (χ2n) is 6.68. The molecule has 1 aliphatic rings. The van der Waals surface area contributed by atoms with Crippen LogP contribution in [-0.4, -0.2) is 25.3 Å². The van der Waals surface area contributed by atoms with Crippen molar-refractivity contribution < 1.29 is 8.42 Å². The third-order valence-electron chi connectivity index (χ3n) is 4.92. The van der Waals surface area contributed by atoms with Crippen LogP contribution in [0.2, 0.25) is 5.02 Å². The molecule has 0 radical (unpaired) electrons. The summed E-state index contributed by atoms with van der Waals surface area (Å²) in [6, 6.07) is 14.8. The lowest BCUT2D eigenvalue weighted by Gasteiger charge is -2.34. The van der Waals surface area contributed by atoms with Gasteiger partial charge in [0.1, 0.15) is 0 Å². The Hall–Kier alpha value is -1.56. The maximum absolute atomic E-state index is 13.0. The highest BCUT2D eigenvalue weighted by atomic mass is 35.5. The van der Waals surface area contributed by atoms with Gasteiger partial charge in [-0.2, -0.15) is 4.31 Å². The highest BCUT2D eigenvalue weighted by molar-refractivity contribution is 7.89. The minimum absolute atomic E-state index is 0.122. The van der Waals surface area contributed by atoms with Crippen molar-refractivity contribution in [2.24, 2.45) is 0 Å². The molecule has 1 unspecified atom stereocenters. The van der Waals surface area contributed by atoms with Gasteiger partial charge in [-0.1, -0.05) is 37.1 Å². The molecule has 0 saturated carbocycles. The Kier molecular flexibility index (Phi) is 6.22. The number of piperidine rings is 1. The van der Waals surface area contributed by atoms with E-state index < -0.39 is 10.0 Å². The van der Waals surface area contributed by atoms with Gasteiger partial charge in [0.2, 0.25) is 10.0 Å². The molecule has 2 aromatic carbocycles. The molecule has 0 amide bonds. The number of benzene rings is 2. The molecule has 4 nitrogen and oxygen atoms in total. The topological polar surface area (TPSA) is 49.4 Å². The molecular formula is C20H25ClN2O2S. The Morgan fingerprint density at radius 2 is 1.77 bits per heavy atom. The van der Waals surface area contributed by atoms with E-state index in [1.54, 1.807) is 16.4 Å². The fourth-order valence-corrected chi connectivity index (χ4v) is 5.28. The molecule has 1 fully saturated rings. The lowest BCUT2D eigenvalue weighted by atomic mass is 10.0. The fraction of sp³-hybridized carbons (Fsp3) is 0.400. The molecule has 0 bridgehead atoms. The van der Waals surface area contributed by atoms with Gasteiger partial charge >= 0.3 is 0 Å². The molecule has 3 rings (SSSR count). The molecule has 1 aliphatic heterocycles. The van der Waals surface area contributed by atoms with E-state index in [4.69, 9.17) is 11.6 Å². The van der Waals surface area contributed by atoms with Crippen LogP contribution in [0.5, 0.6) is 0 Å². The molecule has 140 valence electrons. The molecule has 0 aromatic heterocycles. The number of hydrogen-bond acceptors (Lipinski definition) is 3. The predicted molar refractivity (Wildman–Crippen MR) is 107 cm³/mol. The SMILES string of the molecule is CCC1CCCCN1S(=O)(=O)c1ccc(NCc2ccc(Cl)cc2)cc1. The first-order valence-electron chi connectivity index (χ1n) is 9.11. The van der Waals surface area contributed by atoms with Crippen LogP contribution in [-0.2, 0) is 16.6 Å². The average Bonchev–Trinajstić information content (AvgIpc) is 2.68. The molecule has 1 atom stereocenters. The molecule has 1 N–H and O–H groups in total. The van der Waals surface area contributed by atoms with Crippen molar-refractivity contribution in [3.63, 3.8) is 0 Å². The minimum atomic E-state index is -3.42. The van der Waals surface area contributed by atoms with E-state index in [-0.39, 0.29) is 6.04 Å². The van der Waals surface area contributed by atoms with E-state index in [2.05, 4.69) is 12.2 Å².